The van der Waals surface area contributed by atoms with E-state index in [4.69, 9.17) is 17.6 Å². The Labute approximate surface area is 221 Å². The van der Waals surface area contributed by atoms with Crippen LogP contribution < -0.4 is 22.1 Å². The Kier molecular flexibility index (Phi) is 25.9. The van der Waals surface area contributed by atoms with Gasteiger partial charge in [0.25, 0.3) is 0 Å². The van der Waals surface area contributed by atoms with Crippen molar-refractivity contribution < 1.29 is 6.15 Å². The van der Waals surface area contributed by atoms with Crippen LogP contribution in [0.5, 0.6) is 0 Å². The van der Waals surface area contributed by atoms with Crippen LogP contribution in [0, 0.1) is 0 Å². The molecule has 9 heteroatoms. The molecule has 6 nitrogen and oxygen atoms in total. The summed E-state index contributed by atoms with van der Waals surface area (Å²) < 4.78 is 16.1. The molecule has 6 N–H and O–H groups in total. The molecular weight excluding hydrogens is 559 g/mol. The van der Waals surface area contributed by atoms with Crippen molar-refractivity contribution in [2.24, 2.45) is 11.5 Å². The zero-order chi connectivity index (χ0) is 24.6. The summed E-state index contributed by atoms with van der Waals surface area (Å²) >= 11 is 5.55. The van der Waals surface area contributed by atoms with Crippen molar-refractivity contribution in [3.63, 3.8) is 0 Å². The molecule has 0 aliphatic heterocycles. The molecule has 0 unspecified atom stereocenters. The summed E-state index contributed by atoms with van der Waals surface area (Å²) in [5.41, 5.74) is 11.4. The van der Waals surface area contributed by atoms with E-state index in [9.17, 15) is 0 Å². The van der Waals surface area contributed by atoms with Crippen molar-refractivity contribution >= 4 is 44.5 Å². The van der Waals surface area contributed by atoms with Gasteiger partial charge < -0.3 is 0 Å². The summed E-state index contributed by atoms with van der Waals surface area (Å²) in [7, 11) is 0. The van der Waals surface area contributed by atoms with Crippen LogP contribution in [-0.2, 0) is 6.15 Å². The molecule has 0 heterocycles. The van der Waals surface area contributed by atoms with Crippen LogP contribution in [0.1, 0.15) is 78.1 Å². The number of nitrogens with one attached hydrogen (secondary N) is 2. The van der Waals surface area contributed by atoms with E-state index in [2.05, 4.69) is 49.7 Å². The van der Waals surface area contributed by atoms with Crippen molar-refractivity contribution in [3.8, 4) is 0 Å². The van der Waals surface area contributed by atoms with Gasteiger partial charge in [0.05, 0.1) is 0 Å². The second kappa shape index (κ2) is 24.9. The van der Waals surface area contributed by atoms with Gasteiger partial charge in [-0.1, -0.05) is 0 Å². The average molecular weight is 616 g/mol. The number of unbranched alkanes of at least 4 members (excludes halogenated alkanes) is 4. The first-order valence-corrected chi connectivity index (χ1v) is 21.1. The third-order valence-electron chi connectivity index (χ3n) is 6.02. The van der Waals surface area contributed by atoms with Crippen molar-refractivity contribution in [1.29, 1.82) is 0 Å². The maximum atomic E-state index is 6.91. The fourth-order valence-corrected chi connectivity index (χ4v) is 14.8. The van der Waals surface area contributed by atoms with Gasteiger partial charge in [-0.15, -0.1) is 0 Å². The van der Waals surface area contributed by atoms with E-state index in [1.54, 1.807) is 0 Å². The SMILES string of the molecule is CCC[CH2][Sn]([CH2]CCC)([O]C[C@H](CCCCN)NCCS)[O]C[C@H](CCCCN)NCCS. The van der Waals surface area contributed by atoms with Gasteiger partial charge >= 0.3 is 223 Å². The van der Waals surface area contributed by atoms with E-state index < -0.39 is 19.2 Å². The third-order valence-corrected chi connectivity index (χ3v) is 16.8. The molecule has 0 radical (unpaired) electrons. The summed E-state index contributed by atoms with van der Waals surface area (Å²) in [6.07, 6.45) is 11.4. The Bertz CT molecular complexity index is 379. The van der Waals surface area contributed by atoms with Crippen LogP contribution in [0.2, 0.25) is 8.87 Å². The Morgan fingerprint density at radius 3 is 1.45 bits per heavy atom. The van der Waals surface area contributed by atoms with Crippen LogP contribution in [0.15, 0.2) is 0 Å². The molecule has 0 bridgehead atoms. The minimum absolute atomic E-state index is 0.356. The summed E-state index contributed by atoms with van der Waals surface area (Å²) in [5, 5.41) is 7.29. The molecular formula is C24H56N4O2S2Sn. The monoisotopic (exact) mass is 616 g/mol. The summed E-state index contributed by atoms with van der Waals surface area (Å²) in [6, 6.07) is 0.712. The summed E-state index contributed by atoms with van der Waals surface area (Å²) in [6.45, 7) is 9.37. The minimum atomic E-state index is -3.22. The molecule has 200 valence electrons. The Hall–Kier alpha value is 1.26. The third kappa shape index (κ3) is 19.1. The molecule has 33 heavy (non-hydrogen) atoms. The van der Waals surface area contributed by atoms with Crippen LogP contribution in [0.25, 0.3) is 0 Å². The number of hydrogen-bond donors (Lipinski definition) is 6. The molecule has 0 fully saturated rings. The van der Waals surface area contributed by atoms with Gasteiger partial charge in [0.15, 0.2) is 0 Å². The van der Waals surface area contributed by atoms with E-state index in [0.29, 0.717) is 12.1 Å². The first-order valence-electron chi connectivity index (χ1n) is 13.5. The fourth-order valence-electron chi connectivity index (χ4n) is 3.95. The molecule has 0 aromatic rings. The zero-order valence-corrected chi connectivity index (χ0v) is 26.3. The molecule has 0 saturated heterocycles. The number of nitrogens with two attached hydrogens (primary N) is 2. The van der Waals surface area contributed by atoms with Gasteiger partial charge in [-0.25, -0.2) is 0 Å². The second-order valence-corrected chi connectivity index (χ2v) is 19.7. The molecule has 0 amide bonds. The van der Waals surface area contributed by atoms with E-state index >= 15 is 0 Å². The maximum absolute atomic E-state index is 6.91. The predicted octanol–water partition coefficient (Wildman–Crippen LogP) is 4.10. The topological polar surface area (TPSA) is 94.6 Å². The molecule has 0 aromatic carbocycles. The van der Waals surface area contributed by atoms with Gasteiger partial charge in [-0.3, -0.25) is 0 Å². The standard InChI is InChI=1S/2C8H19N2OS.2C4H9.Sn/c2*9-4-2-1-3-8(7-11)10-5-6-12;2*1-3-4-2;/h2*8,10,12H,1-7,9H2;2*1,3-4H2,2H3;/q2*-1;;;+2/t2*8-;;;/m00.../s1. The first kappa shape index (κ1) is 34.3. The van der Waals surface area contributed by atoms with Crippen molar-refractivity contribution in [3.05, 3.63) is 0 Å². The van der Waals surface area contributed by atoms with Crippen LogP contribution in [0.4, 0.5) is 0 Å². The van der Waals surface area contributed by atoms with Gasteiger partial charge in [0.1, 0.15) is 0 Å². The quantitative estimate of drug-likeness (QED) is 0.0499. The summed E-state index contributed by atoms with van der Waals surface area (Å²) in [5.74, 6) is 1.68. The van der Waals surface area contributed by atoms with Gasteiger partial charge in [-0.05, 0) is 0 Å². The Balaban J connectivity index is 5.26. The van der Waals surface area contributed by atoms with Crippen molar-refractivity contribution in [2.75, 3.05) is 50.9 Å². The Morgan fingerprint density at radius 2 is 1.12 bits per heavy atom. The molecule has 0 aromatic heterocycles. The average Bonchev–Trinajstić information content (AvgIpc) is 2.83. The summed E-state index contributed by atoms with van der Waals surface area (Å²) in [4.78, 5) is 0. The Morgan fingerprint density at radius 1 is 0.697 bits per heavy atom. The second-order valence-electron chi connectivity index (χ2n) is 9.06. The molecule has 0 aliphatic rings. The number of thiol groups is 2. The zero-order valence-electron chi connectivity index (χ0n) is 21.7. The van der Waals surface area contributed by atoms with E-state index in [1.165, 1.54) is 25.7 Å². The number of rotatable bonds is 26. The van der Waals surface area contributed by atoms with Crippen LogP contribution in [-0.4, -0.2) is 82.2 Å². The van der Waals surface area contributed by atoms with E-state index in [-0.39, 0.29) is 0 Å². The van der Waals surface area contributed by atoms with Gasteiger partial charge in [-0.2, -0.15) is 0 Å². The van der Waals surface area contributed by atoms with Gasteiger partial charge in [0.2, 0.25) is 0 Å². The molecule has 0 saturated carbocycles. The molecule has 0 spiro atoms. The first-order chi connectivity index (χ1) is 16.1. The molecule has 0 rings (SSSR count). The van der Waals surface area contributed by atoms with Crippen LogP contribution in [0.3, 0.4) is 0 Å². The molecule has 0 aliphatic carbocycles. The van der Waals surface area contributed by atoms with E-state index in [0.717, 1.165) is 98.3 Å². The number of hydrogen-bond acceptors (Lipinski definition) is 8. The van der Waals surface area contributed by atoms with Crippen LogP contribution >= 0.6 is 25.3 Å². The van der Waals surface area contributed by atoms with E-state index in [1.807, 2.05) is 0 Å². The normalized spacial score (nSPS) is 14.0. The fraction of sp³-hybridized carbons (Fsp3) is 1.00. The predicted molar refractivity (Wildman–Crippen MR) is 154 cm³/mol. The van der Waals surface area contributed by atoms with Gasteiger partial charge in [0, 0.05) is 0 Å². The van der Waals surface area contributed by atoms with Crippen molar-refractivity contribution in [1.82, 2.24) is 10.6 Å². The van der Waals surface area contributed by atoms with Crippen molar-refractivity contribution in [2.45, 2.75) is 99.0 Å². The molecule has 2 atom stereocenters.